The van der Waals surface area contributed by atoms with Crippen molar-refractivity contribution >= 4 is 80.9 Å². The van der Waals surface area contributed by atoms with E-state index in [1.165, 1.54) is 0 Å². The summed E-state index contributed by atoms with van der Waals surface area (Å²) in [6, 6.07) is 35.7. The first-order valence-electron chi connectivity index (χ1n) is 20.1. The van der Waals surface area contributed by atoms with Gasteiger partial charge < -0.3 is 0 Å². The zero-order valence-electron chi connectivity index (χ0n) is 32.5. The van der Waals surface area contributed by atoms with E-state index < -0.39 is 24.4 Å². The molecule has 6 aliphatic heterocycles. The minimum absolute atomic E-state index is 0.551. The molecule has 6 aromatic rings. The van der Waals surface area contributed by atoms with Crippen LogP contribution in [0.3, 0.4) is 0 Å². The monoisotopic (exact) mass is 804 g/mol. The molecule has 0 saturated carbocycles. The van der Waals surface area contributed by atoms with Gasteiger partial charge in [0.2, 0.25) is 0 Å². The van der Waals surface area contributed by atoms with E-state index in [4.69, 9.17) is 39.7 Å². The molecule has 0 atom stereocenters. The number of hydrogen-bond donors (Lipinski definition) is 2. The number of amidine groups is 4. The van der Waals surface area contributed by atoms with Crippen LogP contribution in [0.15, 0.2) is 117 Å². The number of aliphatic imine (C=N–C) groups is 2. The maximum atomic E-state index is 9.00. The van der Waals surface area contributed by atoms with E-state index >= 15 is 0 Å². The van der Waals surface area contributed by atoms with E-state index in [9.17, 15) is 0 Å². The molecule has 0 saturated heterocycles. The molecule has 0 fully saturated rings. The van der Waals surface area contributed by atoms with Gasteiger partial charge in [-0.15, -0.1) is 0 Å². The third-order valence-electron chi connectivity index (χ3n) is 13.1. The average molecular weight is 805 g/mol. The van der Waals surface area contributed by atoms with Gasteiger partial charge in [-0.25, -0.2) is 0 Å². The summed E-state index contributed by atoms with van der Waals surface area (Å²) >= 11 is 0. The van der Waals surface area contributed by atoms with E-state index in [2.05, 4.69) is 140 Å². The molecular weight excluding hydrogens is 761 g/mol. The zero-order valence-corrected chi connectivity index (χ0v) is 35.5. The van der Waals surface area contributed by atoms with Crippen LogP contribution >= 0.6 is 0 Å². The van der Waals surface area contributed by atoms with Gasteiger partial charge in [-0.1, -0.05) is 0 Å². The van der Waals surface area contributed by atoms with Crippen LogP contribution in [0.2, 0.25) is 38.3 Å². The SMILES string of the molecule is C[Si](C)(CCCN)O[Si-2]123(O[Si](C)(C)CCCN)n4c5c6ccccc6c4N=C4c6ccccc6C(=[N+]41)N=c1c4ccccc4c(n12)=NC1=[N+]3C(=N5)c2ccccc21. The van der Waals surface area contributed by atoms with Crippen LogP contribution < -0.4 is 22.4 Å². The third kappa shape index (κ3) is 3.53. The number of nitrogens with two attached hydrogens (primary N) is 2. The van der Waals surface area contributed by atoms with Crippen LogP contribution in [0.25, 0.3) is 21.5 Å². The van der Waals surface area contributed by atoms with Crippen LogP contribution in [-0.4, -0.2) is 77.8 Å². The minimum atomic E-state index is -6.58. The first-order chi connectivity index (χ1) is 27.5. The van der Waals surface area contributed by atoms with Crippen molar-refractivity contribution in [1.82, 2.24) is 8.47 Å². The maximum absolute atomic E-state index is 9.00. The number of aromatic nitrogens is 2. The molecule has 2 aromatic heterocycles. The Morgan fingerprint density at radius 2 is 0.912 bits per heavy atom. The Morgan fingerprint density at radius 1 is 0.526 bits per heavy atom. The van der Waals surface area contributed by atoms with Crippen molar-refractivity contribution < 1.29 is 16.7 Å². The van der Waals surface area contributed by atoms with E-state index in [1.54, 1.807) is 0 Å². The van der Waals surface area contributed by atoms with Gasteiger partial charge in [-0.05, 0) is 0 Å². The van der Waals surface area contributed by atoms with Gasteiger partial charge in [0.15, 0.2) is 0 Å². The summed E-state index contributed by atoms with van der Waals surface area (Å²) in [6.45, 7) is 10.4. The molecule has 4 aromatic carbocycles. The van der Waals surface area contributed by atoms with Crippen molar-refractivity contribution in [2.24, 2.45) is 31.4 Å². The number of fused-ring (bicyclic) bond motifs is 12. The van der Waals surface area contributed by atoms with Gasteiger partial charge in [0.1, 0.15) is 0 Å². The molecule has 12 rings (SSSR count). The standard InChI is InChI=1S/C42H44N10O2Si3/c1-55(2,25-13-23-43)53-57(54-56(3,4)26-14-24-44)49-35-27-15-5-6-16-28(27)36(49)46-38-31-19-9-10-20-32(31)40(51(38)57)48-42-34-22-12-11-21-33(34)41(52(42)57)47-39-30-18-8-7-17-29(30)37(45-35)50(39)57/h5-12,15-22H,13-14,23-26,43-44H2,1-4H3. The molecule has 4 N–H and O–H groups in total. The van der Waals surface area contributed by atoms with Crippen LogP contribution in [0.4, 0.5) is 11.6 Å². The van der Waals surface area contributed by atoms with Crippen molar-refractivity contribution in [3.8, 4) is 0 Å². The van der Waals surface area contributed by atoms with E-state index in [0.717, 1.165) is 115 Å². The van der Waals surface area contributed by atoms with Gasteiger partial charge in [0, 0.05) is 0 Å². The predicted molar refractivity (Wildman–Crippen MR) is 231 cm³/mol. The molecular formula is C42H44N10O2Si3. The Bertz CT molecular complexity index is 2990. The topological polar surface area (TPSA) is 136 Å². The number of rotatable bonds is 10. The second kappa shape index (κ2) is 10.4. The third-order valence-corrected chi connectivity index (χ3v) is 29.8. The van der Waals surface area contributed by atoms with Crippen LogP contribution in [0, 0.1) is 0 Å². The summed E-state index contributed by atoms with van der Waals surface area (Å²) in [7, 11) is -12.4. The van der Waals surface area contributed by atoms with Crippen molar-refractivity contribution in [3.63, 3.8) is 0 Å². The molecule has 15 heteroatoms. The van der Waals surface area contributed by atoms with E-state index in [0.29, 0.717) is 13.1 Å². The quantitative estimate of drug-likeness (QED) is 0.178. The molecule has 0 radical (unpaired) electrons. The average Bonchev–Trinajstić information content (AvgIpc) is 3.92. The van der Waals surface area contributed by atoms with Crippen molar-refractivity contribution in [2.45, 2.75) is 51.1 Å². The fourth-order valence-electron chi connectivity index (χ4n) is 11.3. The molecule has 1 spiro atoms. The molecule has 0 bridgehead atoms. The van der Waals surface area contributed by atoms with Crippen LogP contribution in [-0.2, 0) is 8.23 Å². The molecule has 12 nitrogen and oxygen atoms in total. The predicted octanol–water partition coefficient (Wildman–Crippen LogP) is 5.47. The van der Waals surface area contributed by atoms with Gasteiger partial charge in [-0.3, -0.25) is 0 Å². The summed E-state index contributed by atoms with van der Waals surface area (Å²) in [6.07, 6.45) is 1.61. The van der Waals surface area contributed by atoms with Crippen molar-refractivity contribution in [1.29, 1.82) is 0 Å². The van der Waals surface area contributed by atoms with E-state index in [1.807, 2.05) is 0 Å². The van der Waals surface area contributed by atoms with Crippen molar-refractivity contribution in [2.75, 3.05) is 13.1 Å². The Hall–Kier alpha value is -5.27. The Kier molecular flexibility index (Phi) is 6.18. The summed E-state index contributed by atoms with van der Waals surface area (Å²) in [5.74, 6) is 4.56. The van der Waals surface area contributed by atoms with Gasteiger partial charge in [-0.2, -0.15) is 0 Å². The molecule has 0 amide bonds. The first kappa shape index (κ1) is 33.8. The number of hydrogen-bond acceptors (Lipinski definition) is 8. The fraction of sp³-hybridized carbons (Fsp3) is 0.238. The molecule has 286 valence electrons. The summed E-state index contributed by atoms with van der Waals surface area (Å²) in [4.78, 5) is 23.0. The zero-order chi connectivity index (χ0) is 38.8. The summed E-state index contributed by atoms with van der Waals surface area (Å²) in [5, 5.41) is 3.93. The Labute approximate surface area is 330 Å². The van der Waals surface area contributed by atoms with Crippen LogP contribution in [0.5, 0.6) is 0 Å². The number of nitrogens with zero attached hydrogens (tertiary/aromatic N) is 8. The molecule has 0 unspecified atom stereocenters. The van der Waals surface area contributed by atoms with Gasteiger partial charge >= 0.3 is 332 Å². The second-order valence-corrected chi connectivity index (χ2v) is 31.8. The summed E-state index contributed by atoms with van der Waals surface area (Å²) < 4.78 is 27.5. The van der Waals surface area contributed by atoms with Gasteiger partial charge in [0.05, 0.1) is 0 Å². The second-order valence-electron chi connectivity index (χ2n) is 17.5. The molecule has 0 aliphatic carbocycles. The van der Waals surface area contributed by atoms with E-state index in [-0.39, 0.29) is 0 Å². The normalized spacial score (nSPS) is 20.3. The fourth-order valence-corrected chi connectivity index (χ4v) is 33.6. The summed E-state index contributed by atoms with van der Waals surface area (Å²) in [5.41, 5.74) is 18.2. The van der Waals surface area contributed by atoms with Crippen LogP contribution in [0.1, 0.15) is 35.1 Å². The molecule has 8 heterocycles. The van der Waals surface area contributed by atoms with Gasteiger partial charge in [0.25, 0.3) is 0 Å². The number of benzene rings is 4. The van der Waals surface area contributed by atoms with Crippen molar-refractivity contribution in [3.05, 3.63) is 130 Å². The Morgan fingerprint density at radius 3 is 1.33 bits per heavy atom. The molecule has 57 heavy (non-hydrogen) atoms. The Balaban J connectivity index is 1.48. The first-order valence-corrected chi connectivity index (χ1v) is 29.0. The molecule has 6 aliphatic rings.